The van der Waals surface area contributed by atoms with Crippen LogP contribution in [0, 0.1) is 11.3 Å². The van der Waals surface area contributed by atoms with Crippen molar-refractivity contribution in [3.8, 4) is 11.7 Å². The summed E-state index contributed by atoms with van der Waals surface area (Å²) in [6.45, 7) is 6.60. The van der Waals surface area contributed by atoms with Crippen molar-refractivity contribution in [3.05, 3.63) is 46.9 Å². The number of alkyl halides is 3. The van der Waals surface area contributed by atoms with Crippen molar-refractivity contribution in [2.45, 2.75) is 82.3 Å². The van der Waals surface area contributed by atoms with Crippen LogP contribution in [0.1, 0.15) is 76.1 Å². The molecular weight excluding hydrogens is 623 g/mol. The van der Waals surface area contributed by atoms with Crippen LogP contribution in [0.2, 0.25) is 5.15 Å². The standard InChI is InChI=1S/C28H35ClF3N7O4S/c1-18-16-34-38-27(18,9-4-5-19-15-25(2,3)33-17-19)44(41,42)37-24(40)20-6-7-21(35-23(20)29)39-13-8-22(36-39)43-14-12-26(10-11-26)28(30,31)32/h6-8,13,16,19,33H,4-5,9-12,14-15,17H2,1-3H3,(H,37,40)/t19-,27?/m0/s1. The van der Waals surface area contributed by atoms with E-state index in [1.807, 2.05) is 0 Å². The van der Waals surface area contributed by atoms with Crippen LogP contribution in [-0.2, 0) is 10.0 Å². The second-order valence-corrected chi connectivity index (χ2v) is 14.7. The Kier molecular flexibility index (Phi) is 8.61. The molecule has 1 aliphatic carbocycles. The lowest BCUT2D eigenvalue weighted by Crippen LogP contribution is -2.47. The van der Waals surface area contributed by atoms with Crippen molar-refractivity contribution in [1.29, 1.82) is 0 Å². The van der Waals surface area contributed by atoms with E-state index in [2.05, 4.69) is 44.2 Å². The highest BCUT2D eigenvalue weighted by Crippen LogP contribution is 2.59. The highest BCUT2D eigenvalue weighted by molar-refractivity contribution is 7.91. The number of aromatic nitrogens is 3. The molecule has 2 aromatic heterocycles. The van der Waals surface area contributed by atoms with Crippen LogP contribution in [-0.4, -0.2) is 58.8 Å². The third kappa shape index (κ3) is 6.50. The van der Waals surface area contributed by atoms with Crippen molar-refractivity contribution < 1.29 is 31.1 Å². The van der Waals surface area contributed by atoms with Crippen LogP contribution < -0.4 is 14.8 Å². The van der Waals surface area contributed by atoms with Gasteiger partial charge < -0.3 is 10.1 Å². The lowest BCUT2D eigenvalue weighted by molar-refractivity contribution is -0.190. The molecule has 11 nitrogen and oxygen atoms in total. The molecular formula is C28H35ClF3N7O4S. The molecule has 0 aromatic carbocycles. The molecule has 1 saturated heterocycles. The molecule has 0 radical (unpaired) electrons. The number of azo groups is 1. The van der Waals surface area contributed by atoms with E-state index in [0.29, 0.717) is 17.9 Å². The predicted molar refractivity (Wildman–Crippen MR) is 156 cm³/mol. The monoisotopic (exact) mass is 657 g/mol. The van der Waals surface area contributed by atoms with Gasteiger partial charge in [0.2, 0.25) is 10.8 Å². The number of amides is 1. The molecule has 0 bridgehead atoms. The number of nitrogens with one attached hydrogen (secondary N) is 2. The molecule has 2 aromatic rings. The van der Waals surface area contributed by atoms with Crippen molar-refractivity contribution in [2.75, 3.05) is 13.2 Å². The van der Waals surface area contributed by atoms with Gasteiger partial charge in [0.15, 0.2) is 5.82 Å². The second-order valence-electron chi connectivity index (χ2n) is 12.5. The van der Waals surface area contributed by atoms with E-state index in [-0.39, 0.29) is 60.2 Å². The third-order valence-corrected chi connectivity index (χ3v) is 11.0. The Hall–Kier alpha value is -3.04. The molecule has 4 heterocycles. The van der Waals surface area contributed by atoms with E-state index < -0.39 is 32.4 Å². The van der Waals surface area contributed by atoms with Gasteiger partial charge >= 0.3 is 6.18 Å². The number of pyridine rings is 1. The van der Waals surface area contributed by atoms with E-state index in [0.717, 1.165) is 19.4 Å². The zero-order valence-electron chi connectivity index (χ0n) is 24.6. The highest BCUT2D eigenvalue weighted by Gasteiger charge is 2.62. The van der Waals surface area contributed by atoms with E-state index >= 15 is 0 Å². The average molecular weight is 658 g/mol. The Bertz CT molecular complexity index is 1590. The molecule has 1 amide bonds. The minimum absolute atomic E-state index is 0.0424. The van der Waals surface area contributed by atoms with Gasteiger partial charge in [-0.25, -0.2) is 22.8 Å². The predicted octanol–water partition coefficient (Wildman–Crippen LogP) is 5.72. The Labute approximate surface area is 258 Å². The SMILES string of the molecule is CC1=CN=NC1(CCC[C@@H]1CNC(C)(C)C1)S(=O)(=O)NC(=O)c1ccc(-n2ccc(OCCC3(C(F)(F)F)CC3)n2)nc1Cl. The van der Waals surface area contributed by atoms with E-state index in [1.165, 1.54) is 35.3 Å². The van der Waals surface area contributed by atoms with Gasteiger partial charge in [-0.2, -0.15) is 23.4 Å². The molecule has 16 heteroatoms. The molecule has 2 aliphatic heterocycles. The lowest BCUT2D eigenvalue weighted by Gasteiger charge is -2.27. The number of rotatable bonds is 12. The molecule has 2 atom stereocenters. The highest BCUT2D eigenvalue weighted by atomic mass is 35.5. The number of sulfonamides is 1. The first-order valence-electron chi connectivity index (χ1n) is 14.4. The van der Waals surface area contributed by atoms with Crippen molar-refractivity contribution in [1.82, 2.24) is 24.8 Å². The summed E-state index contributed by atoms with van der Waals surface area (Å²) in [4.78, 5) is 15.6. The maximum Gasteiger partial charge on any atom is 0.394 e. The fourth-order valence-corrected chi connectivity index (χ4v) is 7.63. The van der Waals surface area contributed by atoms with Gasteiger partial charge in [-0.1, -0.05) is 11.6 Å². The lowest BCUT2D eigenvalue weighted by atomic mass is 9.92. The molecule has 0 spiro atoms. The first-order valence-corrected chi connectivity index (χ1v) is 16.3. The summed E-state index contributed by atoms with van der Waals surface area (Å²) in [5.41, 5.74) is -1.41. The maximum absolute atomic E-state index is 13.6. The topological polar surface area (TPSA) is 140 Å². The van der Waals surface area contributed by atoms with Crippen LogP contribution >= 0.6 is 11.6 Å². The van der Waals surface area contributed by atoms with Gasteiger partial charge in [0.25, 0.3) is 15.9 Å². The number of hydrogen-bond acceptors (Lipinski definition) is 9. The van der Waals surface area contributed by atoms with Crippen molar-refractivity contribution in [2.24, 2.45) is 21.6 Å². The minimum atomic E-state index is -4.37. The van der Waals surface area contributed by atoms with Crippen LogP contribution in [0.4, 0.5) is 13.2 Å². The minimum Gasteiger partial charge on any atom is -0.477 e. The molecule has 3 aliphatic rings. The summed E-state index contributed by atoms with van der Waals surface area (Å²) >= 11 is 6.29. The Balaban J connectivity index is 1.21. The Morgan fingerprint density at radius 1 is 1.23 bits per heavy atom. The van der Waals surface area contributed by atoms with Gasteiger partial charge in [0.1, 0.15) is 5.15 Å². The van der Waals surface area contributed by atoms with E-state index in [9.17, 15) is 26.4 Å². The normalized spacial score (nSPS) is 23.9. The van der Waals surface area contributed by atoms with Gasteiger partial charge in [0.05, 0.1) is 23.8 Å². The largest absolute Gasteiger partial charge is 0.477 e. The molecule has 44 heavy (non-hydrogen) atoms. The summed E-state index contributed by atoms with van der Waals surface area (Å²) in [5, 5.41) is 15.3. The number of halogens is 4. The number of carbonyl (C=O) groups excluding carboxylic acids is 1. The zero-order chi connectivity index (χ0) is 32.0. The quantitative estimate of drug-likeness (QED) is 0.279. The van der Waals surface area contributed by atoms with Crippen molar-refractivity contribution >= 4 is 27.5 Å². The van der Waals surface area contributed by atoms with E-state index in [4.69, 9.17) is 16.3 Å². The smallest absolute Gasteiger partial charge is 0.394 e. The Morgan fingerprint density at radius 2 is 1.98 bits per heavy atom. The summed E-state index contributed by atoms with van der Waals surface area (Å²) in [6, 6.07) is 4.17. The van der Waals surface area contributed by atoms with Gasteiger partial charge in [-0.3, -0.25) is 4.79 Å². The summed E-state index contributed by atoms with van der Waals surface area (Å²) < 4.78 is 75.4. The van der Waals surface area contributed by atoms with Crippen LogP contribution in [0.5, 0.6) is 5.88 Å². The Morgan fingerprint density at radius 3 is 2.57 bits per heavy atom. The van der Waals surface area contributed by atoms with Crippen LogP contribution in [0.15, 0.2) is 46.4 Å². The second kappa shape index (κ2) is 11.7. The molecule has 5 rings (SSSR count). The first kappa shape index (κ1) is 32.4. The van der Waals surface area contributed by atoms with Gasteiger partial charge in [-0.15, -0.1) is 5.10 Å². The van der Waals surface area contributed by atoms with Crippen molar-refractivity contribution in [3.63, 3.8) is 0 Å². The number of carbonyl (C=O) groups is 1. The molecule has 2 N–H and O–H groups in total. The van der Waals surface area contributed by atoms with Crippen LogP contribution in [0.3, 0.4) is 0 Å². The molecule has 1 unspecified atom stereocenters. The van der Waals surface area contributed by atoms with Gasteiger partial charge in [-0.05, 0) is 95.9 Å². The fraction of sp³-hybridized carbons (Fsp3) is 0.607. The van der Waals surface area contributed by atoms with Crippen LogP contribution in [0.25, 0.3) is 5.82 Å². The summed E-state index contributed by atoms with van der Waals surface area (Å²) in [7, 11) is -4.37. The van der Waals surface area contributed by atoms with E-state index in [1.54, 1.807) is 6.92 Å². The summed E-state index contributed by atoms with van der Waals surface area (Å²) in [5.74, 6) is -0.288. The first-order chi connectivity index (χ1) is 20.6. The maximum atomic E-state index is 13.6. The number of nitrogens with zero attached hydrogens (tertiary/aromatic N) is 5. The number of hydrogen-bond donors (Lipinski definition) is 2. The zero-order valence-corrected chi connectivity index (χ0v) is 26.2. The fourth-order valence-electron chi connectivity index (χ4n) is 5.83. The molecule has 2 fully saturated rings. The number of ether oxygens (including phenoxy) is 1. The molecule has 240 valence electrons. The average Bonchev–Trinajstić information content (AvgIpc) is 3.23. The van der Waals surface area contributed by atoms with Gasteiger partial charge in [0, 0.05) is 17.8 Å². The summed E-state index contributed by atoms with van der Waals surface area (Å²) in [6.07, 6.45) is 1.14. The molecule has 1 saturated carbocycles. The third-order valence-electron chi connectivity index (χ3n) is 8.72.